The highest BCUT2D eigenvalue weighted by molar-refractivity contribution is 7.92. The number of oxazole rings is 1. The second kappa shape index (κ2) is 4.78. The smallest absolute Gasteiger partial charge is 0.208 e. The van der Waals surface area contributed by atoms with Crippen LogP contribution in [0.4, 0.5) is 0 Å². The molecule has 0 saturated heterocycles. The van der Waals surface area contributed by atoms with Crippen LogP contribution in [0.1, 0.15) is 25.5 Å². The number of aromatic nitrogens is 1. The summed E-state index contributed by atoms with van der Waals surface area (Å²) in [6.07, 6.45) is 2.92. The molecule has 0 aliphatic rings. The lowest BCUT2D eigenvalue weighted by Gasteiger charge is -2.27. The normalized spacial score (nSPS) is 13.3. The van der Waals surface area contributed by atoms with E-state index in [9.17, 15) is 8.42 Å². The number of rotatable bonds is 5. The molecule has 0 aromatic carbocycles. The molecule has 0 amide bonds. The summed E-state index contributed by atoms with van der Waals surface area (Å²) in [5, 5.41) is 0. The Morgan fingerprint density at radius 1 is 1.47 bits per heavy atom. The van der Waals surface area contributed by atoms with Gasteiger partial charge in [0.1, 0.15) is 5.76 Å². The molecule has 0 N–H and O–H groups in total. The van der Waals surface area contributed by atoms with Crippen LogP contribution in [-0.4, -0.2) is 42.9 Å². The first kappa shape index (κ1) is 14.2. The van der Waals surface area contributed by atoms with E-state index >= 15 is 0 Å². The Hall–Kier alpha value is -0.880. The number of hydrogen-bond acceptors (Lipinski definition) is 5. The van der Waals surface area contributed by atoms with Gasteiger partial charge in [-0.3, -0.25) is 4.90 Å². The Labute approximate surface area is 103 Å². The summed E-state index contributed by atoms with van der Waals surface area (Å²) >= 11 is 0. The summed E-state index contributed by atoms with van der Waals surface area (Å²) in [7, 11) is -1.22. The van der Waals surface area contributed by atoms with E-state index in [-0.39, 0.29) is 0 Å². The highest BCUT2D eigenvalue weighted by Crippen LogP contribution is 2.17. The zero-order valence-electron chi connectivity index (χ0n) is 11.0. The third kappa shape index (κ3) is 3.81. The molecule has 0 aliphatic carbocycles. The third-order valence-corrected chi connectivity index (χ3v) is 4.87. The monoisotopic (exact) mass is 260 g/mol. The van der Waals surface area contributed by atoms with E-state index in [1.54, 1.807) is 20.0 Å². The minimum absolute atomic E-state index is 0.438. The van der Waals surface area contributed by atoms with Gasteiger partial charge in [-0.05, 0) is 27.8 Å². The van der Waals surface area contributed by atoms with Crippen LogP contribution in [0.15, 0.2) is 10.6 Å². The molecule has 6 heteroatoms. The van der Waals surface area contributed by atoms with Crippen LogP contribution in [0.2, 0.25) is 0 Å². The Balaban J connectivity index is 2.64. The maximum Gasteiger partial charge on any atom is 0.208 e. The largest absolute Gasteiger partial charge is 0.445 e. The molecule has 0 unspecified atom stereocenters. The van der Waals surface area contributed by atoms with Gasteiger partial charge in [-0.15, -0.1) is 0 Å². The maximum absolute atomic E-state index is 11.6. The Morgan fingerprint density at radius 3 is 2.47 bits per heavy atom. The standard InChI is InChI=1S/C11H20N2O3S/c1-9-6-12-10(16-9)7-13(4)8-11(2,3)17(5,14)15/h6H,7-8H2,1-5H3. The lowest BCUT2D eigenvalue weighted by molar-refractivity contribution is 0.264. The van der Waals surface area contributed by atoms with Gasteiger partial charge in [0.05, 0.1) is 17.5 Å². The zero-order valence-corrected chi connectivity index (χ0v) is 11.8. The predicted octanol–water partition coefficient (Wildman–Crippen LogP) is 1.24. The van der Waals surface area contributed by atoms with Crippen molar-refractivity contribution in [1.82, 2.24) is 9.88 Å². The van der Waals surface area contributed by atoms with Crippen LogP contribution in [0, 0.1) is 6.92 Å². The predicted molar refractivity (Wildman–Crippen MR) is 66.5 cm³/mol. The molecule has 0 aliphatic heterocycles. The van der Waals surface area contributed by atoms with Gasteiger partial charge in [0.25, 0.3) is 0 Å². The second-order valence-corrected chi connectivity index (χ2v) is 7.72. The molecule has 0 radical (unpaired) electrons. The molecule has 1 rings (SSSR count). The average Bonchev–Trinajstić information content (AvgIpc) is 2.47. The molecule has 1 aromatic rings. The lowest BCUT2D eigenvalue weighted by Crippen LogP contribution is -2.42. The minimum atomic E-state index is -3.08. The molecule has 0 spiro atoms. The van der Waals surface area contributed by atoms with Gasteiger partial charge in [-0.1, -0.05) is 0 Å². The summed E-state index contributed by atoms with van der Waals surface area (Å²) in [5.74, 6) is 1.37. The Kier molecular flexibility index (Phi) is 3.99. The first-order valence-corrected chi connectivity index (χ1v) is 7.30. The molecule has 0 saturated carbocycles. The van der Waals surface area contributed by atoms with E-state index in [0.29, 0.717) is 19.0 Å². The molecule has 0 atom stereocenters. The van der Waals surface area contributed by atoms with Crippen LogP contribution in [0.3, 0.4) is 0 Å². The summed E-state index contributed by atoms with van der Waals surface area (Å²) < 4.78 is 27.7. The molecule has 17 heavy (non-hydrogen) atoms. The molecule has 5 nitrogen and oxygen atoms in total. The van der Waals surface area contributed by atoms with Crippen molar-refractivity contribution >= 4 is 9.84 Å². The maximum atomic E-state index is 11.6. The van der Waals surface area contributed by atoms with Crippen molar-refractivity contribution in [3.05, 3.63) is 17.8 Å². The van der Waals surface area contributed by atoms with E-state index in [0.717, 1.165) is 5.76 Å². The highest BCUT2D eigenvalue weighted by Gasteiger charge is 2.31. The number of hydrogen-bond donors (Lipinski definition) is 0. The topological polar surface area (TPSA) is 63.4 Å². The summed E-state index contributed by atoms with van der Waals surface area (Å²) in [4.78, 5) is 5.99. The minimum Gasteiger partial charge on any atom is -0.445 e. The molecule has 1 heterocycles. The zero-order chi connectivity index (χ0) is 13.3. The SMILES string of the molecule is Cc1cnc(CN(C)CC(C)(C)S(C)(=O)=O)o1. The van der Waals surface area contributed by atoms with Crippen molar-refractivity contribution < 1.29 is 12.8 Å². The fraction of sp³-hybridized carbons (Fsp3) is 0.727. The Morgan fingerprint density at radius 2 is 2.06 bits per heavy atom. The first-order valence-electron chi connectivity index (χ1n) is 5.41. The summed E-state index contributed by atoms with van der Waals surface area (Å²) in [6, 6.07) is 0. The fourth-order valence-electron chi connectivity index (χ4n) is 1.53. The van der Waals surface area contributed by atoms with Gasteiger partial charge < -0.3 is 4.42 Å². The van der Waals surface area contributed by atoms with E-state index in [4.69, 9.17) is 4.42 Å². The van der Waals surface area contributed by atoms with E-state index in [2.05, 4.69) is 4.98 Å². The molecule has 0 fully saturated rings. The fourth-order valence-corrected chi connectivity index (χ4v) is 1.98. The van der Waals surface area contributed by atoms with Crippen LogP contribution >= 0.6 is 0 Å². The van der Waals surface area contributed by atoms with Gasteiger partial charge in [-0.25, -0.2) is 13.4 Å². The van der Waals surface area contributed by atoms with E-state index < -0.39 is 14.6 Å². The van der Waals surface area contributed by atoms with Crippen molar-refractivity contribution in [3.63, 3.8) is 0 Å². The molecule has 1 aromatic heterocycles. The van der Waals surface area contributed by atoms with Crippen LogP contribution in [-0.2, 0) is 16.4 Å². The number of sulfone groups is 1. The van der Waals surface area contributed by atoms with Crippen molar-refractivity contribution in [3.8, 4) is 0 Å². The highest BCUT2D eigenvalue weighted by atomic mass is 32.2. The summed E-state index contributed by atoms with van der Waals surface area (Å²) in [5.41, 5.74) is 0. The van der Waals surface area contributed by atoms with Crippen LogP contribution in [0.25, 0.3) is 0 Å². The van der Waals surface area contributed by atoms with Gasteiger partial charge in [0.15, 0.2) is 9.84 Å². The van der Waals surface area contributed by atoms with Gasteiger partial charge in [-0.2, -0.15) is 0 Å². The first-order chi connectivity index (χ1) is 7.62. The second-order valence-electron chi connectivity index (χ2n) is 5.07. The average molecular weight is 260 g/mol. The molecular formula is C11H20N2O3S. The third-order valence-electron chi connectivity index (χ3n) is 2.73. The van der Waals surface area contributed by atoms with Crippen LogP contribution < -0.4 is 0 Å². The molecule has 0 bridgehead atoms. The molecule has 98 valence electrons. The van der Waals surface area contributed by atoms with Crippen LogP contribution in [0.5, 0.6) is 0 Å². The van der Waals surface area contributed by atoms with Crippen molar-refractivity contribution in [2.24, 2.45) is 0 Å². The van der Waals surface area contributed by atoms with E-state index in [1.165, 1.54) is 6.26 Å². The van der Waals surface area contributed by atoms with Gasteiger partial charge >= 0.3 is 0 Å². The van der Waals surface area contributed by atoms with Crippen molar-refractivity contribution in [2.75, 3.05) is 19.8 Å². The van der Waals surface area contributed by atoms with E-state index in [1.807, 2.05) is 18.9 Å². The molecular weight excluding hydrogens is 240 g/mol. The number of aryl methyl sites for hydroxylation is 1. The quantitative estimate of drug-likeness (QED) is 0.797. The van der Waals surface area contributed by atoms with Gasteiger partial charge in [0, 0.05) is 12.8 Å². The number of nitrogens with zero attached hydrogens (tertiary/aromatic N) is 2. The summed E-state index contributed by atoms with van der Waals surface area (Å²) in [6.45, 7) is 6.22. The lowest BCUT2D eigenvalue weighted by atomic mass is 10.2. The van der Waals surface area contributed by atoms with Crippen molar-refractivity contribution in [1.29, 1.82) is 0 Å². The van der Waals surface area contributed by atoms with Gasteiger partial charge in [0.2, 0.25) is 5.89 Å². The van der Waals surface area contributed by atoms with Crippen molar-refractivity contribution in [2.45, 2.75) is 32.1 Å². The Bertz CT molecular complexity index is 477.